The maximum absolute atomic E-state index is 13.1. The summed E-state index contributed by atoms with van der Waals surface area (Å²) < 4.78 is 13.7. The van der Waals surface area contributed by atoms with Gasteiger partial charge >= 0.3 is 0 Å². The number of hydrogen-bond donors (Lipinski definition) is 1. The molecular formula is C10H11FNS7+. The minimum atomic E-state index is -0.442. The standard InChI is InChI=1S/C10H11FNS7/c1-2-10(7-3-5-8(11)6-4-7)9(13)14-15-16-17-18-19(10)12/h3-6H,2,12H2,1H3/q+1. The highest BCUT2D eigenvalue weighted by Crippen LogP contribution is 2.59. The van der Waals surface area contributed by atoms with Gasteiger partial charge in [0, 0.05) is 31.6 Å². The quantitative estimate of drug-likeness (QED) is 0.405. The lowest BCUT2D eigenvalue weighted by molar-refractivity contribution is 0.626. The maximum atomic E-state index is 13.1. The predicted octanol–water partition coefficient (Wildman–Crippen LogP) is 5.51. The van der Waals surface area contributed by atoms with Crippen molar-refractivity contribution in [2.75, 3.05) is 0 Å². The van der Waals surface area contributed by atoms with Crippen LogP contribution >= 0.6 is 62.3 Å². The normalized spacial score (nSPS) is 28.8. The lowest BCUT2D eigenvalue weighted by Gasteiger charge is -2.29. The van der Waals surface area contributed by atoms with E-state index < -0.39 is 10.1 Å². The molecule has 0 amide bonds. The van der Waals surface area contributed by atoms with Crippen molar-refractivity contribution in [1.82, 2.24) is 0 Å². The Labute approximate surface area is 139 Å². The first-order chi connectivity index (χ1) is 9.11. The number of benzene rings is 1. The third-order valence-electron chi connectivity index (χ3n) is 2.75. The lowest BCUT2D eigenvalue weighted by atomic mass is 9.97. The average Bonchev–Trinajstić information content (AvgIpc) is 2.40. The summed E-state index contributed by atoms with van der Waals surface area (Å²) in [5, 5.41) is 6.41. The fourth-order valence-corrected chi connectivity index (χ4v) is 17.7. The summed E-state index contributed by atoms with van der Waals surface area (Å²) in [7, 11) is 7.84. The molecule has 1 saturated heterocycles. The number of nitrogens with two attached hydrogens (primary N) is 1. The summed E-state index contributed by atoms with van der Waals surface area (Å²) in [6.45, 7) is 2.09. The van der Waals surface area contributed by atoms with E-state index in [0.717, 1.165) is 16.2 Å². The second-order valence-electron chi connectivity index (χ2n) is 3.63. The summed E-state index contributed by atoms with van der Waals surface area (Å²) in [4.78, 5) is 0. The van der Waals surface area contributed by atoms with Gasteiger partial charge in [0.2, 0.25) is 4.75 Å². The molecule has 19 heavy (non-hydrogen) atoms. The first-order valence-electron chi connectivity index (χ1n) is 5.25. The molecule has 1 aromatic rings. The van der Waals surface area contributed by atoms with Crippen molar-refractivity contribution in [3.63, 3.8) is 0 Å². The van der Waals surface area contributed by atoms with Crippen LogP contribution < -0.4 is 5.14 Å². The Kier molecular flexibility index (Phi) is 6.60. The molecule has 0 aliphatic carbocycles. The molecule has 0 aromatic heterocycles. The molecule has 0 radical (unpaired) electrons. The smallest absolute Gasteiger partial charge is 0.207 e. The van der Waals surface area contributed by atoms with Crippen molar-refractivity contribution in [3.8, 4) is 0 Å². The fourth-order valence-electron chi connectivity index (χ4n) is 1.75. The molecule has 1 aliphatic rings. The van der Waals surface area contributed by atoms with Gasteiger partial charge < -0.3 is 0 Å². The van der Waals surface area contributed by atoms with Crippen molar-refractivity contribution < 1.29 is 4.39 Å². The maximum Gasteiger partial charge on any atom is 0.226 e. The van der Waals surface area contributed by atoms with Crippen molar-refractivity contribution >= 4 is 76.6 Å². The highest BCUT2D eigenvalue weighted by molar-refractivity contribution is 9.42. The second kappa shape index (κ2) is 7.53. The highest BCUT2D eigenvalue weighted by atomic mass is 33.9. The molecule has 2 atom stereocenters. The van der Waals surface area contributed by atoms with Gasteiger partial charge in [-0.05, 0) is 32.8 Å². The highest BCUT2D eigenvalue weighted by Gasteiger charge is 2.53. The Morgan fingerprint density at radius 2 is 1.95 bits per heavy atom. The van der Waals surface area contributed by atoms with Crippen LogP contribution in [0.5, 0.6) is 0 Å². The predicted molar refractivity (Wildman–Crippen MR) is 100 cm³/mol. The monoisotopic (exact) mass is 388 g/mol. The number of rotatable bonds is 2. The molecule has 0 spiro atoms. The minimum absolute atomic E-state index is 0.233. The largest absolute Gasteiger partial charge is 0.226 e. The van der Waals surface area contributed by atoms with Gasteiger partial charge in [0.15, 0.2) is 19.9 Å². The Bertz CT molecular complexity index is 454. The molecule has 1 aromatic carbocycles. The van der Waals surface area contributed by atoms with E-state index in [-0.39, 0.29) is 10.6 Å². The van der Waals surface area contributed by atoms with Gasteiger partial charge in [0.1, 0.15) is 10.0 Å². The molecule has 2 unspecified atom stereocenters. The van der Waals surface area contributed by atoms with Crippen LogP contribution in [0, 0.1) is 5.82 Å². The summed E-state index contributed by atoms with van der Waals surface area (Å²) in [6.07, 6.45) is 0.822. The molecule has 1 nitrogen and oxygen atoms in total. The van der Waals surface area contributed by atoms with Crippen molar-refractivity contribution in [2.45, 2.75) is 18.1 Å². The molecular weight excluding hydrogens is 378 g/mol. The first-order valence-corrected chi connectivity index (χ1v) is 13.6. The van der Waals surface area contributed by atoms with Gasteiger partial charge in [-0.1, -0.05) is 31.3 Å². The lowest BCUT2D eigenvalue weighted by Crippen LogP contribution is -2.43. The molecule has 2 N–H and O–H groups in total. The minimum Gasteiger partial charge on any atom is -0.207 e. The second-order valence-corrected chi connectivity index (χ2v) is 14.8. The SMILES string of the molecule is CCC1(c2ccc(F)cc2)C(=S)SSSSS[S+]1N. The molecule has 0 bridgehead atoms. The van der Waals surface area contributed by atoms with E-state index in [1.165, 1.54) is 12.1 Å². The van der Waals surface area contributed by atoms with Gasteiger partial charge in [0.05, 0.1) is 0 Å². The Morgan fingerprint density at radius 3 is 2.58 bits per heavy atom. The molecule has 104 valence electrons. The van der Waals surface area contributed by atoms with Gasteiger partial charge in [0.25, 0.3) is 0 Å². The van der Waals surface area contributed by atoms with E-state index >= 15 is 0 Å². The van der Waals surface area contributed by atoms with Gasteiger partial charge in [-0.15, -0.1) is 5.14 Å². The summed E-state index contributed by atoms with van der Waals surface area (Å²) in [6, 6.07) is 6.58. The van der Waals surface area contributed by atoms with Crippen molar-refractivity contribution in [2.24, 2.45) is 5.14 Å². The van der Waals surface area contributed by atoms with Crippen LogP contribution in [-0.2, 0) is 14.9 Å². The Balaban J connectivity index is 2.46. The summed E-state index contributed by atoms with van der Waals surface area (Å²) in [5.41, 5.74) is 1.01. The van der Waals surface area contributed by atoms with Gasteiger partial charge in [-0.3, -0.25) is 0 Å². The van der Waals surface area contributed by atoms with Crippen LogP contribution in [0.2, 0.25) is 0 Å². The Hall–Kier alpha value is 1.30. The first kappa shape index (κ1) is 16.7. The summed E-state index contributed by atoms with van der Waals surface area (Å²) in [5.74, 6) is -0.233. The van der Waals surface area contributed by atoms with Crippen LogP contribution in [-0.4, -0.2) is 4.20 Å². The number of thiocarbonyl (C=S) groups is 1. The van der Waals surface area contributed by atoms with E-state index in [2.05, 4.69) is 6.92 Å². The molecule has 9 heteroatoms. The van der Waals surface area contributed by atoms with Crippen LogP contribution in [0.3, 0.4) is 0 Å². The topological polar surface area (TPSA) is 26.0 Å². The van der Waals surface area contributed by atoms with E-state index in [1.807, 2.05) is 12.1 Å². The zero-order valence-corrected chi connectivity index (χ0v) is 15.5. The van der Waals surface area contributed by atoms with Crippen LogP contribution in [0.25, 0.3) is 0 Å². The molecule has 1 aliphatic heterocycles. The average molecular weight is 389 g/mol. The molecule has 0 saturated carbocycles. The Morgan fingerprint density at radius 1 is 1.26 bits per heavy atom. The van der Waals surface area contributed by atoms with Crippen LogP contribution in [0.4, 0.5) is 4.39 Å². The fraction of sp³-hybridized carbons (Fsp3) is 0.300. The van der Waals surface area contributed by atoms with Crippen LogP contribution in [0.15, 0.2) is 24.3 Å². The van der Waals surface area contributed by atoms with Crippen LogP contribution in [0.1, 0.15) is 18.9 Å². The summed E-state index contributed by atoms with van der Waals surface area (Å²) >= 11 is 5.62. The van der Waals surface area contributed by atoms with Gasteiger partial charge in [-0.2, -0.15) is 0 Å². The van der Waals surface area contributed by atoms with E-state index in [9.17, 15) is 4.39 Å². The number of halogens is 1. The van der Waals surface area contributed by atoms with Crippen molar-refractivity contribution in [1.29, 1.82) is 0 Å². The van der Waals surface area contributed by atoms with Gasteiger partial charge in [-0.25, -0.2) is 4.39 Å². The molecule has 1 fully saturated rings. The zero-order valence-electron chi connectivity index (χ0n) is 9.83. The van der Waals surface area contributed by atoms with Crippen molar-refractivity contribution in [3.05, 3.63) is 35.6 Å². The molecule has 1 heterocycles. The number of hydrogen-bond acceptors (Lipinski definition) is 7. The van der Waals surface area contributed by atoms with E-state index in [1.54, 1.807) is 50.1 Å². The molecule has 2 rings (SSSR count). The van der Waals surface area contributed by atoms with E-state index in [0.29, 0.717) is 0 Å². The third-order valence-corrected chi connectivity index (χ3v) is 16.6. The third kappa shape index (κ3) is 3.56. The zero-order chi connectivity index (χ0) is 13.9. The van der Waals surface area contributed by atoms with E-state index in [4.69, 9.17) is 17.4 Å².